The fraction of sp³-hybridized carbons (Fsp3) is 0.366. The van der Waals surface area contributed by atoms with Crippen LogP contribution in [0.15, 0.2) is 103 Å². The van der Waals surface area contributed by atoms with Gasteiger partial charge in [-0.2, -0.15) is 0 Å². The monoisotopic (exact) mass is 763 g/mol. The van der Waals surface area contributed by atoms with Gasteiger partial charge in [-0.3, -0.25) is 4.90 Å². The summed E-state index contributed by atoms with van der Waals surface area (Å²) in [6.45, 7) is 4.22. The van der Waals surface area contributed by atoms with Crippen molar-refractivity contribution in [2.24, 2.45) is 0 Å². The molecule has 2 atom stereocenters. The summed E-state index contributed by atoms with van der Waals surface area (Å²) in [5.74, 6) is -0.266. The molecule has 1 unspecified atom stereocenters. The molecule has 0 spiro atoms. The van der Waals surface area contributed by atoms with Gasteiger partial charge in [0.25, 0.3) is 0 Å². The topological polar surface area (TPSA) is 108 Å². The van der Waals surface area contributed by atoms with E-state index in [-0.39, 0.29) is 23.9 Å². The zero-order valence-corrected chi connectivity index (χ0v) is 31.2. The SMILES string of the molecule is O=C(O)N1CCC(Nc2ccc(Cl)c(Cl)c2)C[C@@H]1CCCN(Cc1ccccc1)Cc1ccccc1.O=C(O)N1CCC(Nc2cccc(F)c2)CC1. The summed E-state index contributed by atoms with van der Waals surface area (Å²) in [6, 6.07) is 33.2. The number of amides is 2. The molecule has 2 aliphatic rings. The number of piperidine rings is 2. The highest BCUT2D eigenvalue weighted by Crippen LogP contribution is 2.29. The van der Waals surface area contributed by atoms with Gasteiger partial charge in [0, 0.05) is 62.2 Å². The Kier molecular flexibility index (Phi) is 15.0. The lowest BCUT2D eigenvalue weighted by Gasteiger charge is -2.39. The van der Waals surface area contributed by atoms with E-state index in [0.29, 0.717) is 29.7 Å². The molecule has 2 amide bonds. The average molecular weight is 765 g/mol. The standard InChI is InChI=1S/C29H33Cl2N3O2.C12H15FN2O2/c30-27-14-13-24(19-28(27)31)32-25-15-17-34(29(35)36)26(18-25)12-7-16-33(20-22-8-3-1-4-9-22)21-23-10-5-2-6-11-23;13-9-2-1-3-11(8-9)14-10-4-6-15(7-5-10)12(16)17/h1-6,8-11,13-14,19,25-26,32H,7,12,15-18,20-21H2,(H,35,36);1-3,8,10,14H,4-7H2,(H,16,17)/t25?,26-;/m0./s1. The molecule has 0 aliphatic carbocycles. The van der Waals surface area contributed by atoms with E-state index in [9.17, 15) is 19.1 Å². The number of benzene rings is 4. The molecule has 2 saturated heterocycles. The fourth-order valence-corrected chi connectivity index (χ4v) is 7.30. The van der Waals surface area contributed by atoms with Crippen molar-refractivity contribution < 1.29 is 24.2 Å². The van der Waals surface area contributed by atoms with Crippen LogP contribution < -0.4 is 10.6 Å². The Hall–Kier alpha value is -4.51. The van der Waals surface area contributed by atoms with Crippen LogP contribution in [0, 0.1) is 5.82 Å². The number of rotatable bonds is 12. The summed E-state index contributed by atoms with van der Waals surface area (Å²) in [5, 5.41) is 26.4. The molecule has 9 nitrogen and oxygen atoms in total. The largest absolute Gasteiger partial charge is 0.465 e. The minimum absolute atomic E-state index is 0.0215. The van der Waals surface area contributed by atoms with Crippen LogP contribution in [0.5, 0.6) is 0 Å². The van der Waals surface area contributed by atoms with Gasteiger partial charge in [0.2, 0.25) is 0 Å². The van der Waals surface area contributed by atoms with Crippen LogP contribution in [0.3, 0.4) is 0 Å². The first-order chi connectivity index (χ1) is 25.6. The van der Waals surface area contributed by atoms with Crippen molar-refractivity contribution >= 4 is 46.8 Å². The van der Waals surface area contributed by atoms with Gasteiger partial charge in [0.15, 0.2) is 0 Å². The predicted octanol–water partition coefficient (Wildman–Crippen LogP) is 9.78. The lowest BCUT2D eigenvalue weighted by Crippen LogP contribution is -2.49. The smallest absolute Gasteiger partial charge is 0.407 e. The van der Waals surface area contributed by atoms with Gasteiger partial charge in [-0.25, -0.2) is 14.0 Å². The number of nitrogens with one attached hydrogen (secondary N) is 2. The van der Waals surface area contributed by atoms with Crippen LogP contribution in [0.25, 0.3) is 0 Å². The highest BCUT2D eigenvalue weighted by atomic mass is 35.5. The van der Waals surface area contributed by atoms with Crippen molar-refractivity contribution in [3.8, 4) is 0 Å². The number of nitrogens with zero attached hydrogens (tertiary/aromatic N) is 3. The van der Waals surface area contributed by atoms with Gasteiger partial charge in [0.05, 0.1) is 10.0 Å². The van der Waals surface area contributed by atoms with Gasteiger partial charge in [-0.05, 0) is 92.6 Å². The van der Waals surface area contributed by atoms with Gasteiger partial charge in [-0.15, -0.1) is 0 Å². The maximum Gasteiger partial charge on any atom is 0.407 e. The van der Waals surface area contributed by atoms with Crippen molar-refractivity contribution in [2.75, 3.05) is 36.8 Å². The maximum atomic E-state index is 13.0. The lowest BCUT2D eigenvalue weighted by atomic mass is 9.93. The number of carboxylic acid groups (broad SMARTS) is 2. The molecule has 4 aromatic carbocycles. The van der Waals surface area contributed by atoms with E-state index in [1.807, 2.05) is 30.3 Å². The summed E-state index contributed by atoms with van der Waals surface area (Å²) >= 11 is 12.2. The molecule has 12 heteroatoms. The molecule has 0 aromatic heterocycles. The minimum Gasteiger partial charge on any atom is -0.465 e. The van der Waals surface area contributed by atoms with E-state index in [1.54, 1.807) is 17.0 Å². The highest BCUT2D eigenvalue weighted by molar-refractivity contribution is 6.42. The second-order valence-corrected chi connectivity index (χ2v) is 14.5. The Morgan fingerprint density at radius 1 is 0.717 bits per heavy atom. The summed E-state index contributed by atoms with van der Waals surface area (Å²) in [4.78, 5) is 28.1. The molecule has 6 rings (SSSR count). The molecule has 0 radical (unpaired) electrons. The van der Waals surface area contributed by atoms with Crippen LogP contribution in [0.1, 0.15) is 49.7 Å². The summed E-state index contributed by atoms with van der Waals surface area (Å²) in [6.07, 6.45) is 3.08. The Labute approximate surface area is 321 Å². The molecular weight excluding hydrogens is 716 g/mol. The minimum atomic E-state index is -0.866. The number of hydrogen-bond acceptors (Lipinski definition) is 5. The Balaban J connectivity index is 0.000000265. The van der Waals surface area contributed by atoms with E-state index < -0.39 is 12.2 Å². The van der Waals surface area contributed by atoms with E-state index in [2.05, 4.69) is 64.1 Å². The normalized spacial score (nSPS) is 17.5. The quantitative estimate of drug-likeness (QED) is 0.114. The van der Waals surface area contributed by atoms with Crippen LogP contribution in [-0.2, 0) is 13.1 Å². The third-order valence-corrected chi connectivity index (χ3v) is 10.5. The van der Waals surface area contributed by atoms with Crippen LogP contribution >= 0.6 is 23.2 Å². The zero-order chi connectivity index (χ0) is 37.6. The molecule has 2 aliphatic heterocycles. The van der Waals surface area contributed by atoms with E-state index in [1.165, 1.54) is 28.2 Å². The van der Waals surface area contributed by atoms with Gasteiger partial charge < -0.3 is 30.6 Å². The first-order valence-corrected chi connectivity index (χ1v) is 18.9. The molecular formula is C41H48Cl2FN5O4. The first kappa shape index (κ1) is 39.7. The predicted molar refractivity (Wildman–Crippen MR) is 210 cm³/mol. The van der Waals surface area contributed by atoms with Crippen LogP contribution in [-0.4, -0.2) is 81.4 Å². The van der Waals surface area contributed by atoms with Crippen LogP contribution in [0.4, 0.5) is 25.4 Å². The molecule has 0 saturated carbocycles. The molecule has 4 N–H and O–H groups in total. The Morgan fingerprint density at radius 3 is 1.91 bits per heavy atom. The summed E-state index contributed by atoms with van der Waals surface area (Å²) < 4.78 is 13.0. The Bertz CT molecular complexity index is 1710. The van der Waals surface area contributed by atoms with E-state index in [4.69, 9.17) is 28.3 Å². The van der Waals surface area contributed by atoms with E-state index >= 15 is 0 Å². The second-order valence-electron chi connectivity index (χ2n) is 13.6. The highest BCUT2D eigenvalue weighted by Gasteiger charge is 2.31. The Morgan fingerprint density at radius 2 is 1.32 bits per heavy atom. The summed E-state index contributed by atoms with van der Waals surface area (Å²) in [7, 11) is 0. The van der Waals surface area contributed by atoms with E-state index in [0.717, 1.165) is 69.5 Å². The van der Waals surface area contributed by atoms with Crippen molar-refractivity contribution in [1.29, 1.82) is 0 Å². The summed E-state index contributed by atoms with van der Waals surface area (Å²) in [5.41, 5.74) is 4.22. The van der Waals surface area contributed by atoms with Gasteiger partial charge >= 0.3 is 12.2 Å². The number of hydrogen-bond donors (Lipinski definition) is 4. The molecule has 282 valence electrons. The van der Waals surface area contributed by atoms with Crippen molar-refractivity contribution in [1.82, 2.24) is 14.7 Å². The average Bonchev–Trinajstić information content (AvgIpc) is 3.14. The first-order valence-electron chi connectivity index (χ1n) is 18.1. The number of halogens is 3. The molecule has 2 fully saturated rings. The van der Waals surface area contributed by atoms with Crippen molar-refractivity contribution in [2.45, 2.75) is 69.7 Å². The molecule has 4 aromatic rings. The second kappa shape index (κ2) is 20.1. The molecule has 53 heavy (non-hydrogen) atoms. The van der Waals surface area contributed by atoms with Gasteiger partial charge in [0.1, 0.15) is 5.82 Å². The van der Waals surface area contributed by atoms with Gasteiger partial charge in [-0.1, -0.05) is 89.9 Å². The fourth-order valence-electron chi connectivity index (χ4n) is 7.01. The molecule has 2 heterocycles. The maximum absolute atomic E-state index is 13.0. The lowest BCUT2D eigenvalue weighted by molar-refractivity contribution is 0.0972. The molecule has 0 bridgehead atoms. The number of likely N-dealkylation sites (tertiary alicyclic amines) is 2. The zero-order valence-electron chi connectivity index (χ0n) is 29.7. The van der Waals surface area contributed by atoms with Crippen molar-refractivity contribution in [3.05, 3.63) is 130 Å². The number of anilines is 2. The van der Waals surface area contributed by atoms with Crippen molar-refractivity contribution in [3.63, 3.8) is 0 Å². The number of carbonyl (C=O) groups is 2. The third-order valence-electron chi connectivity index (χ3n) is 9.72. The van der Waals surface area contributed by atoms with Crippen LogP contribution in [0.2, 0.25) is 10.0 Å². The third kappa shape index (κ3) is 12.8.